The van der Waals surface area contributed by atoms with E-state index in [0.29, 0.717) is 5.75 Å². The molecule has 0 radical (unpaired) electrons. The molecule has 2 rings (SSSR count). The molecule has 1 heterocycles. The molecule has 0 spiro atoms. The molecule has 2 atom stereocenters. The molecule has 80 valence electrons. The maximum atomic E-state index is 10.8. The van der Waals surface area contributed by atoms with Crippen molar-refractivity contribution in [3.8, 4) is 0 Å². The lowest BCUT2D eigenvalue weighted by Crippen LogP contribution is -2.44. The molecule has 2 aliphatic rings. The number of nitrogens with one attached hydrogen (secondary N) is 1. The van der Waals surface area contributed by atoms with Gasteiger partial charge in [-0.1, -0.05) is 19.3 Å². The van der Waals surface area contributed by atoms with Gasteiger partial charge in [0, 0.05) is 5.75 Å². The molecule has 1 unspecified atom stereocenters. The van der Waals surface area contributed by atoms with Gasteiger partial charge in [0.1, 0.15) is 6.04 Å². The summed E-state index contributed by atoms with van der Waals surface area (Å²) in [5.74, 6) is 0.820. The van der Waals surface area contributed by atoms with Gasteiger partial charge in [-0.25, -0.2) is 0 Å². The summed E-state index contributed by atoms with van der Waals surface area (Å²) in [6, 6.07) is -0.343. The molecule has 4 heteroatoms. The first-order valence-electron chi connectivity index (χ1n) is 5.23. The van der Waals surface area contributed by atoms with E-state index in [2.05, 4.69) is 12.2 Å². The van der Waals surface area contributed by atoms with E-state index in [9.17, 15) is 4.79 Å². The number of thioether (sulfide) groups is 1. The van der Waals surface area contributed by atoms with Crippen LogP contribution in [0.1, 0.15) is 32.6 Å². The summed E-state index contributed by atoms with van der Waals surface area (Å²) >= 11 is 1.77. The third-order valence-corrected chi connectivity index (χ3v) is 4.67. The molecule has 1 saturated heterocycles. The summed E-state index contributed by atoms with van der Waals surface area (Å²) in [7, 11) is 0. The average molecular weight is 215 g/mol. The lowest BCUT2D eigenvalue weighted by Gasteiger charge is -2.34. The van der Waals surface area contributed by atoms with Crippen molar-refractivity contribution < 1.29 is 9.90 Å². The van der Waals surface area contributed by atoms with Gasteiger partial charge in [0.05, 0.1) is 4.87 Å². The van der Waals surface area contributed by atoms with Crippen molar-refractivity contribution in [3.63, 3.8) is 0 Å². The fourth-order valence-corrected chi connectivity index (χ4v) is 3.56. The third-order valence-electron chi connectivity index (χ3n) is 3.25. The molecule has 3 nitrogen and oxygen atoms in total. The minimum Gasteiger partial charge on any atom is -0.480 e. The standard InChI is InChI=1S/C10H17NO2S/c1-10(5-7-3-2-4-7)11-8(6-14-10)9(12)13/h7-8,11H,2-6H2,1H3,(H,12,13)/t8-,10?/m1/s1. The van der Waals surface area contributed by atoms with Gasteiger partial charge in [-0.2, -0.15) is 0 Å². The Morgan fingerprint density at radius 2 is 2.36 bits per heavy atom. The Morgan fingerprint density at radius 3 is 2.79 bits per heavy atom. The maximum absolute atomic E-state index is 10.8. The Labute approximate surface area is 88.6 Å². The molecule has 14 heavy (non-hydrogen) atoms. The second-order valence-corrected chi connectivity index (χ2v) is 6.10. The van der Waals surface area contributed by atoms with Crippen molar-refractivity contribution in [2.24, 2.45) is 5.92 Å². The van der Waals surface area contributed by atoms with Gasteiger partial charge in [0.2, 0.25) is 0 Å². The summed E-state index contributed by atoms with van der Waals surface area (Å²) in [6.45, 7) is 2.14. The van der Waals surface area contributed by atoms with Crippen molar-refractivity contribution >= 4 is 17.7 Å². The molecule has 0 amide bonds. The summed E-state index contributed by atoms with van der Waals surface area (Å²) in [5.41, 5.74) is 0. The Morgan fingerprint density at radius 1 is 1.64 bits per heavy atom. The van der Waals surface area contributed by atoms with Crippen LogP contribution in [0.5, 0.6) is 0 Å². The van der Waals surface area contributed by atoms with Gasteiger partial charge in [-0.15, -0.1) is 11.8 Å². The summed E-state index contributed by atoms with van der Waals surface area (Å²) in [4.78, 5) is 10.8. The van der Waals surface area contributed by atoms with Crippen LogP contribution in [0.4, 0.5) is 0 Å². The summed E-state index contributed by atoms with van der Waals surface area (Å²) in [5, 5.41) is 12.1. The van der Waals surface area contributed by atoms with E-state index in [1.807, 2.05) is 0 Å². The van der Waals surface area contributed by atoms with Crippen molar-refractivity contribution in [2.75, 3.05) is 5.75 Å². The lowest BCUT2D eigenvalue weighted by molar-refractivity contribution is -0.138. The number of hydrogen-bond acceptors (Lipinski definition) is 3. The molecule has 0 aromatic carbocycles. The quantitative estimate of drug-likeness (QED) is 0.752. The average Bonchev–Trinajstić information content (AvgIpc) is 2.42. The molecule has 0 aromatic heterocycles. The van der Waals surface area contributed by atoms with Gasteiger partial charge < -0.3 is 5.11 Å². The molecule has 0 bridgehead atoms. The van der Waals surface area contributed by atoms with E-state index in [4.69, 9.17) is 5.11 Å². The zero-order chi connectivity index (χ0) is 10.2. The van der Waals surface area contributed by atoms with Crippen molar-refractivity contribution in [3.05, 3.63) is 0 Å². The second-order valence-electron chi connectivity index (χ2n) is 4.58. The monoisotopic (exact) mass is 215 g/mol. The van der Waals surface area contributed by atoms with E-state index in [1.54, 1.807) is 11.8 Å². The fourth-order valence-electron chi connectivity index (χ4n) is 2.22. The highest BCUT2D eigenvalue weighted by Gasteiger charge is 2.40. The normalized spacial score (nSPS) is 38.2. The number of rotatable bonds is 3. The van der Waals surface area contributed by atoms with Gasteiger partial charge in [-0.05, 0) is 19.3 Å². The van der Waals surface area contributed by atoms with Gasteiger partial charge in [0.25, 0.3) is 0 Å². The Bertz CT molecular complexity index is 242. The van der Waals surface area contributed by atoms with Crippen LogP contribution >= 0.6 is 11.8 Å². The molecule has 2 N–H and O–H groups in total. The SMILES string of the molecule is CC1(CC2CCC2)N[C@@H](C(=O)O)CS1. The van der Waals surface area contributed by atoms with E-state index in [0.717, 1.165) is 12.3 Å². The molecule has 2 fully saturated rings. The smallest absolute Gasteiger partial charge is 0.321 e. The van der Waals surface area contributed by atoms with E-state index in [-0.39, 0.29) is 10.9 Å². The zero-order valence-corrected chi connectivity index (χ0v) is 9.27. The van der Waals surface area contributed by atoms with Crippen LogP contribution in [0, 0.1) is 5.92 Å². The minimum absolute atomic E-state index is 0.00808. The van der Waals surface area contributed by atoms with Crippen LogP contribution in [0.2, 0.25) is 0 Å². The van der Waals surface area contributed by atoms with Crippen LogP contribution in [0.25, 0.3) is 0 Å². The first kappa shape index (κ1) is 10.3. The van der Waals surface area contributed by atoms with E-state index < -0.39 is 5.97 Å². The predicted molar refractivity (Wildman–Crippen MR) is 57.4 cm³/mol. The molecular weight excluding hydrogens is 198 g/mol. The van der Waals surface area contributed by atoms with Gasteiger partial charge in [0.15, 0.2) is 0 Å². The largest absolute Gasteiger partial charge is 0.480 e. The highest BCUT2D eigenvalue weighted by Crippen LogP contribution is 2.41. The van der Waals surface area contributed by atoms with E-state index >= 15 is 0 Å². The Balaban J connectivity index is 1.87. The van der Waals surface area contributed by atoms with Gasteiger partial charge in [-0.3, -0.25) is 10.1 Å². The molecule has 0 aromatic rings. The van der Waals surface area contributed by atoms with Crippen molar-refractivity contribution in [1.82, 2.24) is 5.32 Å². The predicted octanol–water partition coefficient (Wildman–Crippen LogP) is 1.68. The van der Waals surface area contributed by atoms with Crippen molar-refractivity contribution in [2.45, 2.75) is 43.5 Å². The van der Waals surface area contributed by atoms with Gasteiger partial charge >= 0.3 is 5.97 Å². The fraction of sp³-hybridized carbons (Fsp3) is 0.900. The van der Waals surface area contributed by atoms with E-state index in [1.165, 1.54) is 19.3 Å². The molecule has 1 saturated carbocycles. The maximum Gasteiger partial charge on any atom is 0.321 e. The Hall–Kier alpha value is -0.220. The van der Waals surface area contributed by atoms with Crippen LogP contribution in [-0.2, 0) is 4.79 Å². The topological polar surface area (TPSA) is 49.3 Å². The molecular formula is C10H17NO2S. The highest BCUT2D eigenvalue weighted by molar-refractivity contribution is 8.00. The first-order chi connectivity index (χ1) is 6.59. The number of hydrogen-bond donors (Lipinski definition) is 2. The van der Waals surface area contributed by atoms with Crippen LogP contribution < -0.4 is 5.32 Å². The van der Waals surface area contributed by atoms with Crippen LogP contribution in [0.3, 0.4) is 0 Å². The third kappa shape index (κ3) is 2.06. The second kappa shape index (κ2) is 3.74. The lowest BCUT2D eigenvalue weighted by atomic mass is 9.81. The first-order valence-corrected chi connectivity index (χ1v) is 6.22. The number of carbonyl (C=O) groups is 1. The molecule has 1 aliphatic heterocycles. The minimum atomic E-state index is -0.713. The van der Waals surface area contributed by atoms with Crippen LogP contribution in [-0.4, -0.2) is 27.7 Å². The summed E-state index contributed by atoms with van der Waals surface area (Å²) in [6.07, 6.45) is 5.14. The van der Waals surface area contributed by atoms with Crippen LogP contribution in [0.15, 0.2) is 0 Å². The molecule has 1 aliphatic carbocycles. The number of aliphatic carboxylic acids is 1. The Kier molecular flexibility index (Phi) is 2.75. The van der Waals surface area contributed by atoms with Crippen molar-refractivity contribution in [1.29, 1.82) is 0 Å². The number of carboxylic acids is 1. The zero-order valence-electron chi connectivity index (χ0n) is 8.45. The summed E-state index contributed by atoms with van der Waals surface area (Å²) < 4.78 is 0. The number of carboxylic acid groups (broad SMARTS) is 1. The highest BCUT2D eigenvalue weighted by atomic mass is 32.2.